The van der Waals surface area contributed by atoms with E-state index in [0.717, 1.165) is 24.1 Å². The van der Waals surface area contributed by atoms with Crippen molar-refractivity contribution in [1.82, 2.24) is 19.7 Å². The van der Waals surface area contributed by atoms with Gasteiger partial charge in [0, 0.05) is 49.4 Å². The predicted molar refractivity (Wildman–Crippen MR) is 99.0 cm³/mol. The van der Waals surface area contributed by atoms with Crippen LogP contribution in [0.15, 0.2) is 53.3 Å². The zero-order valence-corrected chi connectivity index (χ0v) is 14.6. The Kier molecular flexibility index (Phi) is 4.16. The van der Waals surface area contributed by atoms with Crippen LogP contribution in [-0.2, 0) is 19.9 Å². The van der Waals surface area contributed by atoms with Gasteiger partial charge in [0.15, 0.2) is 0 Å². The third-order valence-electron chi connectivity index (χ3n) is 4.86. The zero-order chi connectivity index (χ0) is 18.1. The number of fused-ring (bicyclic) bond motifs is 1. The number of rotatable bonds is 2. The molecule has 6 heteroatoms. The van der Waals surface area contributed by atoms with Gasteiger partial charge in [-0.3, -0.25) is 14.3 Å². The van der Waals surface area contributed by atoms with Crippen LogP contribution in [0.5, 0.6) is 0 Å². The van der Waals surface area contributed by atoms with Crippen LogP contribution < -0.4 is 5.56 Å². The third-order valence-corrected chi connectivity index (χ3v) is 4.86. The monoisotopic (exact) mass is 348 g/mol. The van der Waals surface area contributed by atoms with Crippen LogP contribution in [0, 0.1) is 0 Å². The van der Waals surface area contributed by atoms with Gasteiger partial charge in [0.2, 0.25) is 5.56 Å². The molecule has 1 aromatic carbocycles. The van der Waals surface area contributed by atoms with Gasteiger partial charge in [-0.25, -0.2) is 0 Å². The topological polar surface area (TPSA) is 71.0 Å². The fourth-order valence-electron chi connectivity index (χ4n) is 3.55. The average molecular weight is 348 g/mol. The second-order valence-corrected chi connectivity index (χ2v) is 6.48. The molecule has 0 saturated heterocycles. The van der Waals surface area contributed by atoms with Gasteiger partial charge in [0.05, 0.1) is 5.69 Å². The Morgan fingerprint density at radius 1 is 1.04 bits per heavy atom. The molecular weight excluding hydrogens is 328 g/mol. The van der Waals surface area contributed by atoms with Crippen molar-refractivity contribution >= 4 is 5.91 Å². The summed E-state index contributed by atoms with van der Waals surface area (Å²) in [5.41, 5.74) is 4.53. The Morgan fingerprint density at radius 3 is 2.58 bits per heavy atom. The summed E-state index contributed by atoms with van der Waals surface area (Å²) in [5, 5.41) is 4.71. The molecule has 0 saturated carbocycles. The Morgan fingerprint density at radius 2 is 1.81 bits per heavy atom. The number of nitrogens with one attached hydrogen (secondary N) is 1. The van der Waals surface area contributed by atoms with Gasteiger partial charge in [-0.2, -0.15) is 5.10 Å². The van der Waals surface area contributed by atoms with E-state index in [1.54, 1.807) is 17.0 Å². The summed E-state index contributed by atoms with van der Waals surface area (Å²) >= 11 is 0. The number of aromatic amines is 1. The number of benzene rings is 1. The minimum absolute atomic E-state index is 0.135. The predicted octanol–water partition coefficient (Wildman–Crippen LogP) is 2.02. The molecule has 3 aromatic rings. The van der Waals surface area contributed by atoms with Gasteiger partial charge in [-0.1, -0.05) is 36.4 Å². The molecule has 3 heterocycles. The first-order chi connectivity index (χ1) is 12.6. The quantitative estimate of drug-likeness (QED) is 0.770. The summed E-state index contributed by atoms with van der Waals surface area (Å²) in [6.45, 7) is 1.21. The Bertz CT molecular complexity index is 1000. The van der Waals surface area contributed by atoms with Crippen molar-refractivity contribution in [2.75, 3.05) is 13.1 Å². The Balaban J connectivity index is 1.62. The molecule has 1 N–H and O–H groups in total. The largest absolute Gasteiger partial charge is 0.337 e. The number of H-pyrrole nitrogens is 1. The van der Waals surface area contributed by atoms with Crippen molar-refractivity contribution in [1.29, 1.82) is 0 Å². The van der Waals surface area contributed by atoms with Crippen LogP contribution in [0.25, 0.3) is 11.3 Å². The van der Waals surface area contributed by atoms with Gasteiger partial charge in [-0.05, 0) is 12.5 Å². The lowest BCUT2D eigenvalue weighted by atomic mass is 10.0. The molecule has 0 atom stereocenters. The van der Waals surface area contributed by atoms with E-state index in [1.165, 1.54) is 17.3 Å². The lowest BCUT2D eigenvalue weighted by Crippen LogP contribution is -2.34. The van der Waals surface area contributed by atoms with E-state index in [2.05, 4.69) is 17.1 Å². The minimum atomic E-state index is -0.260. The Labute approximate surface area is 151 Å². The summed E-state index contributed by atoms with van der Waals surface area (Å²) in [5.74, 6) is -0.135. The van der Waals surface area contributed by atoms with E-state index < -0.39 is 0 Å². The zero-order valence-electron chi connectivity index (χ0n) is 14.6. The molecule has 2 aromatic heterocycles. The van der Waals surface area contributed by atoms with Gasteiger partial charge in [0.1, 0.15) is 5.69 Å². The summed E-state index contributed by atoms with van der Waals surface area (Å²) in [4.78, 5) is 28.7. The molecule has 0 unspecified atom stereocenters. The molecule has 0 bridgehead atoms. The van der Waals surface area contributed by atoms with Gasteiger partial charge >= 0.3 is 0 Å². The molecular formula is C20H20N4O2. The SMILES string of the molecule is Cn1nc(-c2ccccc2)c2c1CCN(C(=O)c1cccc(=O)[nH]1)CC2. The van der Waals surface area contributed by atoms with Gasteiger partial charge in [0.25, 0.3) is 5.91 Å². The first-order valence-electron chi connectivity index (χ1n) is 8.72. The lowest BCUT2D eigenvalue weighted by molar-refractivity contribution is 0.0756. The number of aromatic nitrogens is 3. The van der Waals surface area contributed by atoms with Crippen molar-refractivity contribution in [3.05, 3.63) is 75.8 Å². The highest BCUT2D eigenvalue weighted by Crippen LogP contribution is 2.28. The van der Waals surface area contributed by atoms with Gasteiger partial charge < -0.3 is 9.88 Å². The van der Waals surface area contributed by atoms with Crippen molar-refractivity contribution in [3.63, 3.8) is 0 Å². The number of carbonyl (C=O) groups excluding carboxylic acids is 1. The van der Waals surface area contributed by atoms with E-state index in [4.69, 9.17) is 5.10 Å². The summed E-state index contributed by atoms with van der Waals surface area (Å²) < 4.78 is 1.93. The van der Waals surface area contributed by atoms with E-state index in [-0.39, 0.29) is 11.5 Å². The number of carbonyl (C=O) groups is 1. The van der Waals surface area contributed by atoms with Crippen molar-refractivity contribution in [3.8, 4) is 11.3 Å². The molecule has 0 aliphatic carbocycles. The number of aryl methyl sites for hydroxylation is 1. The van der Waals surface area contributed by atoms with Crippen LogP contribution in [0.2, 0.25) is 0 Å². The molecule has 26 heavy (non-hydrogen) atoms. The van der Waals surface area contributed by atoms with Crippen LogP contribution in [0.4, 0.5) is 0 Å². The standard InChI is InChI=1S/C20H20N4O2/c1-23-17-11-13-24(20(26)16-8-5-9-18(25)21-16)12-10-15(17)19(22-23)14-6-3-2-4-7-14/h2-9H,10-13H2,1H3,(H,21,25). The molecule has 6 nitrogen and oxygen atoms in total. The Hall–Kier alpha value is -3.15. The van der Waals surface area contributed by atoms with E-state index in [1.807, 2.05) is 29.9 Å². The van der Waals surface area contributed by atoms with Gasteiger partial charge in [-0.15, -0.1) is 0 Å². The number of hydrogen-bond acceptors (Lipinski definition) is 3. The van der Waals surface area contributed by atoms with E-state index in [0.29, 0.717) is 18.8 Å². The molecule has 4 rings (SSSR count). The summed E-state index contributed by atoms with van der Waals surface area (Å²) in [6.07, 6.45) is 1.49. The normalized spacial score (nSPS) is 14.0. The number of hydrogen-bond donors (Lipinski definition) is 1. The van der Waals surface area contributed by atoms with Crippen molar-refractivity contribution in [2.24, 2.45) is 7.05 Å². The first kappa shape index (κ1) is 16.3. The lowest BCUT2D eigenvalue weighted by Gasteiger charge is -2.20. The first-order valence-corrected chi connectivity index (χ1v) is 8.72. The fourth-order valence-corrected chi connectivity index (χ4v) is 3.55. The van der Waals surface area contributed by atoms with Crippen LogP contribution in [0.1, 0.15) is 21.7 Å². The molecule has 132 valence electrons. The third kappa shape index (κ3) is 2.94. The van der Waals surface area contributed by atoms with E-state index in [9.17, 15) is 9.59 Å². The number of pyridine rings is 1. The van der Waals surface area contributed by atoms with Crippen LogP contribution in [-0.4, -0.2) is 38.7 Å². The van der Waals surface area contributed by atoms with Crippen LogP contribution >= 0.6 is 0 Å². The maximum Gasteiger partial charge on any atom is 0.270 e. The molecule has 0 spiro atoms. The smallest absolute Gasteiger partial charge is 0.270 e. The number of nitrogens with zero attached hydrogens (tertiary/aromatic N) is 3. The van der Waals surface area contributed by atoms with Crippen molar-refractivity contribution in [2.45, 2.75) is 12.8 Å². The molecule has 1 aliphatic rings. The number of amides is 1. The van der Waals surface area contributed by atoms with E-state index >= 15 is 0 Å². The van der Waals surface area contributed by atoms with Crippen molar-refractivity contribution < 1.29 is 4.79 Å². The molecule has 1 amide bonds. The maximum absolute atomic E-state index is 12.8. The average Bonchev–Trinajstić information content (AvgIpc) is 2.83. The second kappa shape index (κ2) is 6.63. The maximum atomic E-state index is 12.8. The fraction of sp³-hybridized carbons (Fsp3) is 0.250. The minimum Gasteiger partial charge on any atom is -0.337 e. The molecule has 0 radical (unpaired) electrons. The van der Waals surface area contributed by atoms with Crippen LogP contribution in [0.3, 0.4) is 0 Å². The summed E-state index contributed by atoms with van der Waals surface area (Å²) in [6, 6.07) is 14.8. The molecule has 1 aliphatic heterocycles. The highest BCUT2D eigenvalue weighted by atomic mass is 16.2. The second-order valence-electron chi connectivity index (χ2n) is 6.48. The summed E-state index contributed by atoms with van der Waals surface area (Å²) in [7, 11) is 1.96. The molecule has 0 fully saturated rings. The highest BCUT2D eigenvalue weighted by Gasteiger charge is 2.25. The highest BCUT2D eigenvalue weighted by molar-refractivity contribution is 5.92.